The Balaban J connectivity index is 3.63. The number of alkyl halides is 2. The standard InChI is InChI=1S/C6H11F3O/c1-6(2,4-10-9)3-5(7)8/h5H,3-4H2,1-2H3. The molecule has 0 radical (unpaired) electrons. The van der Waals surface area contributed by atoms with E-state index in [1.807, 2.05) is 0 Å². The first kappa shape index (κ1) is 9.75. The van der Waals surface area contributed by atoms with E-state index in [1.165, 1.54) is 13.8 Å². The highest BCUT2D eigenvalue weighted by molar-refractivity contribution is 4.67. The molecule has 62 valence electrons. The summed E-state index contributed by atoms with van der Waals surface area (Å²) in [5.41, 5.74) is -0.775. The van der Waals surface area contributed by atoms with E-state index < -0.39 is 11.8 Å². The number of hydrogen-bond donors (Lipinski definition) is 0. The van der Waals surface area contributed by atoms with Crippen LogP contribution in [0.2, 0.25) is 0 Å². The smallest absolute Gasteiger partial charge is 0.211 e. The van der Waals surface area contributed by atoms with E-state index >= 15 is 0 Å². The molecule has 0 atom stereocenters. The Bertz CT molecular complexity index is 93.0. The van der Waals surface area contributed by atoms with Crippen molar-refractivity contribution >= 4 is 0 Å². The van der Waals surface area contributed by atoms with Gasteiger partial charge in [0.05, 0.1) is 6.61 Å². The van der Waals surface area contributed by atoms with Crippen molar-refractivity contribution < 1.29 is 18.2 Å². The van der Waals surface area contributed by atoms with E-state index in [-0.39, 0.29) is 13.0 Å². The minimum absolute atomic E-state index is 0.280. The molecule has 0 saturated carbocycles. The molecule has 0 aromatic carbocycles. The average molecular weight is 156 g/mol. The quantitative estimate of drug-likeness (QED) is 0.607. The van der Waals surface area contributed by atoms with Crippen LogP contribution >= 0.6 is 0 Å². The predicted molar refractivity (Wildman–Crippen MR) is 31.5 cm³/mol. The molecule has 0 aliphatic carbocycles. The summed E-state index contributed by atoms with van der Waals surface area (Å²) in [6.07, 6.45) is -2.73. The second kappa shape index (κ2) is 3.81. The van der Waals surface area contributed by atoms with E-state index in [2.05, 4.69) is 4.94 Å². The van der Waals surface area contributed by atoms with Crippen molar-refractivity contribution in [1.82, 2.24) is 0 Å². The minimum Gasteiger partial charge on any atom is -0.211 e. The van der Waals surface area contributed by atoms with Crippen LogP contribution in [0, 0.1) is 5.41 Å². The monoisotopic (exact) mass is 156 g/mol. The normalized spacial score (nSPS) is 12.6. The Morgan fingerprint density at radius 3 is 2.20 bits per heavy atom. The lowest BCUT2D eigenvalue weighted by Crippen LogP contribution is -2.20. The van der Waals surface area contributed by atoms with Crippen LogP contribution in [0.15, 0.2) is 0 Å². The van der Waals surface area contributed by atoms with Gasteiger partial charge in [0.15, 0.2) is 0 Å². The van der Waals surface area contributed by atoms with Crippen LogP contribution in [0.5, 0.6) is 0 Å². The van der Waals surface area contributed by atoms with Gasteiger partial charge in [0.2, 0.25) is 6.43 Å². The Labute approximate surface area is 58.1 Å². The Morgan fingerprint density at radius 2 is 1.90 bits per heavy atom. The van der Waals surface area contributed by atoms with Crippen LogP contribution in [0.4, 0.5) is 13.3 Å². The molecule has 0 fully saturated rings. The molecular weight excluding hydrogens is 145 g/mol. The summed E-state index contributed by atoms with van der Waals surface area (Å²) in [6.45, 7) is 2.77. The molecule has 0 aliphatic heterocycles. The van der Waals surface area contributed by atoms with E-state index in [9.17, 15) is 13.3 Å². The molecule has 0 aromatic heterocycles. The third-order valence-corrected chi connectivity index (χ3v) is 1.15. The zero-order valence-electron chi connectivity index (χ0n) is 6.03. The van der Waals surface area contributed by atoms with E-state index in [4.69, 9.17) is 0 Å². The molecule has 0 amide bonds. The maximum Gasteiger partial charge on any atom is 0.239 e. The van der Waals surface area contributed by atoms with Gasteiger partial charge in [-0.1, -0.05) is 13.8 Å². The van der Waals surface area contributed by atoms with Crippen LogP contribution in [0.1, 0.15) is 20.3 Å². The lowest BCUT2D eigenvalue weighted by Gasteiger charge is -2.20. The molecule has 0 unspecified atom stereocenters. The van der Waals surface area contributed by atoms with Crippen LogP contribution in [-0.2, 0) is 4.94 Å². The highest BCUT2D eigenvalue weighted by atomic mass is 19.3. The first-order valence-corrected chi connectivity index (χ1v) is 2.99. The van der Waals surface area contributed by atoms with Crippen molar-refractivity contribution in [2.45, 2.75) is 26.7 Å². The molecule has 1 nitrogen and oxygen atoms in total. The van der Waals surface area contributed by atoms with Crippen molar-refractivity contribution in [3.8, 4) is 0 Å². The molecule has 10 heavy (non-hydrogen) atoms. The highest BCUT2D eigenvalue weighted by Gasteiger charge is 2.23. The highest BCUT2D eigenvalue weighted by Crippen LogP contribution is 2.24. The van der Waals surface area contributed by atoms with Gasteiger partial charge in [-0.3, -0.25) is 0 Å². The topological polar surface area (TPSA) is 9.23 Å². The Kier molecular flexibility index (Phi) is 3.71. The van der Waals surface area contributed by atoms with Crippen LogP contribution in [0.3, 0.4) is 0 Å². The minimum atomic E-state index is -2.40. The number of hydrogen-bond acceptors (Lipinski definition) is 1. The first-order chi connectivity index (χ1) is 4.48. The predicted octanol–water partition coefficient (Wildman–Crippen LogP) is 2.57. The summed E-state index contributed by atoms with van der Waals surface area (Å²) in [4.78, 5) is 3.27. The maximum absolute atomic E-state index is 11.7. The summed E-state index contributed by atoms with van der Waals surface area (Å²) in [6, 6.07) is 0. The largest absolute Gasteiger partial charge is 0.239 e. The van der Waals surface area contributed by atoms with Gasteiger partial charge in [0, 0.05) is 6.42 Å². The summed E-state index contributed by atoms with van der Waals surface area (Å²) < 4.78 is 34.5. The summed E-state index contributed by atoms with van der Waals surface area (Å²) in [5.74, 6) is 0. The molecule has 0 saturated heterocycles. The Hall–Kier alpha value is -0.250. The number of rotatable bonds is 4. The zero-order valence-corrected chi connectivity index (χ0v) is 6.03. The van der Waals surface area contributed by atoms with E-state index in [1.54, 1.807) is 0 Å². The van der Waals surface area contributed by atoms with E-state index in [0.717, 1.165) is 0 Å². The van der Waals surface area contributed by atoms with Crippen molar-refractivity contribution in [3.63, 3.8) is 0 Å². The molecular formula is C6H11F3O. The first-order valence-electron chi connectivity index (χ1n) is 2.99. The molecule has 0 aromatic rings. The van der Waals surface area contributed by atoms with Crippen LogP contribution in [-0.4, -0.2) is 13.0 Å². The van der Waals surface area contributed by atoms with Gasteiger partial charge in [0.1, 0.15) is 0 Å². The molecule has 0 spiro atoms. The van der Waals surface area contributed by atoms with Crippen molar-refractivity contribution in [3.05, 3.63) is 0 Å². The average Bonchev–Trinajstić information content (AvgIpc) is 1.59. The third-order valence-electron chi connectivity index (χ3n) is 1.15. The van der Waals surface area contributed by atoms with Crippen molar-refractivity contribution in [1.29, 1.82) is 0 Å². The fourth-order valence-electron chi connectivity index (χ4n) is 0.624. The van der Waals surface area contributed by atoms with Crippen LogP contribution < -0.4 is 0 Å². The lowest BCUT2D eigenvalue weighted by molar-refractivity contribution is -0.163. The van der Waals surface area contributed by atoms with Gasteiger partial charge in [-0.15, -0.1) is 0 Å². The fourth-order valence-corrected chi connectivity index (χ4v) is 0.624. The zero-order chi connectivity index (χ0) is 8.20. The second-order valence-electron chi connectivity index (χ2n) is 3.01. The van der Waals surface area contributed by atoms with Gasteiger partial charge in [-0.25, -0.2) is 8.78 Å². The van der Waals surface area contributed by atoms with Crippen molar-refractivity contribution in [2.24, 2.45) is 5.41 Å². The number of halogens is 3. The fraction of sp³-hybridized carbons (Fsp3) is 1.00. The summed E-state index contributed by atoms with van der Waals surface area (Å²) >= 11 is 0. The second-order valence-corrected chi connectivity index (χ2v) is 3.01. The SMILES string of the molecule is CC(C)(COF)CC(F)F. The lowest BCUT2D eigenvalue weighted by atomic mass is 9.91. The maximum atomic E-state index is 11.7. The van der Waals surface area contributed by atoms with Gasteiger partial charge in [0.25, 0.3) is 0 Å². The summed E-state index contributed by atoms with van der Waals surface area (Å²) in [7, 11) is 0. The summed E-state index contributed by atoms with van der Waals surface area (Å²) in [5, 5.41) is 0. The molecule has 0 heterocycles. The van der Waals surface area contributed by atoms with E-state index in [0.29, 0.717) is 0 Å². The van der Waals surface area contributed by atoms with Crippen LogP contribution in [0.25, 0.3) is 0 Å². The van der Waals surface area contributed by atoms with Gasteiger partial charge >= 0.3 is 0 Å². The van der Waals surface area contributed by atoms with Gasteiger partial charge in [-0.2, -0.15) is 4.94 Å². The molecule has 0 aliphatic rings. The molecule has 0 rings (SSSR count). The van der Waals surface area contributed by atoms with Gasteiger partial charge in [-0.05, 0) is 9.94 Å². The van der Waals surface area contributed by atoms with Gasteiger partial charge < -0.3 is 0 Å². The molecule has 0 N–H and O–H groups in total. The molecule has 0 bridgehead atoms. The third kappa shape index (κ3) is 4.61. The Morgan fingerprint density at radius 1 is 1.40 bits per heavy atom. The molecule has 4 heteroatoms. The van der Waals surface area contributed by atoms with Crippen molar-refractivity contribution in [2.75, 3.05) is 6.61 Å².